The van der Waals surface area contributed by atoms with Crippen molar-refractivity contribution in [3.8, 4) is 0 Å². The van der Waals surface area contributed by atoms with E-state index in [0.717, 1.165) is 0 Å². The number of amides is 1. The lowest BCUT2D eigenvalue weighted by Crippen LogP contribution is -2.71. The molecule has 0 saturated carbocycles. The highest BCUT2D eigenvalue weighted by molar-refractivity contribution is 5.94. The van der Waals surface area contributed by atoms with Crippen molar-refractivity contribution in [2.75, 3.05) is 13.7 Å². The van der Waals surface area contributed by atoms with Gasteiger partial charge in [0.05, 0.1) is 19.8 Å². The number of rotatable bonds is 4. The molecule has 0 aliphatic carbocycles. The lowest BCUT2D eigenvalue weighted by atomic mass is 9.91. The molecule has 1 amide bonds. The van der Waals surface area contributed by atoms with Crippen molar-refractivity contribution in [1.29, 1.82) is 0 Å². The minimum Gasteiger partial charge on any atom is -0.467 e. The normalized spacial score (nSPS) is 23.7. The van der Waals surface area contributed by atoms with E-state index in [1.165, 1.54) is 12.0 Å². The number of likely N-dealkylation sites (tertiary alicyclic amines) is 1. The first-order valence-electron chi connectivity index (χ1n) is 5.93. The van der Waals surface area contributed by atoms with Crippen LogP contribution in [-0.4, -0.2) is 47.7 Å². The van der Waals surface area contributed by atoms with Gasteiger partial charge in [-0.15, -0.1) is 0 Å². The van der Waals surface area contributed by atoms with Gasteiger partial charge in [0.25, 0.3) is 0 Å². The van der Waals surface area contributed by atoms with Crippen LogP contribution in [0.4, 0.5) is 0 Å². The van der Waals surface area contributed by atoms with Gasteiger partial charge < -0.3 is 20.5 Å². The molecule has 3 unspecified atom stereocenters. The molecule has 1 aliphatic rings. The van der Waals surface area contributed by atoms with Crippen LogP contribution in [0.3, 0.4) is 0 Å². The average Bonchev–Trinajstić information content (AvgIpc) is 2.47. The molecule has 3 N–H and O–H groups in total. The summed E-state index contributed by atoms with van der Waals surface area (Å²) in [4.78, 5) is 25.1. The summed E-state index contributed by atoms with van der Waals surface area (Å²) in [6.45, 7) is -0.284. The molecule has 0 bridgehead atoms. The van der Waals surface area contributed by atoms with E-state index in [2.05, 4.69) is 0 Å². The van der Waals surface area contributed by atoms with Gasteiger partial charge in [0.2, 0.25) is 5.91 Å². The number of nitrogens with zero attached hydrogens (tertiary/aromatic N) is 1. The first-order chi connectivity index (χ1) is 9.11. The minimum atomic E-state index is -0.865. The summed E-state index contributed by atoms with van der Waals surface area (Å²) in [5, 5.41) is 9.27. The topological polar surface area (TPSA) is 92.9 Å². The Balaban J connectivity index is 2.34. The number of esters is 1. The largest absolute Gasteiger partial charge is 0.467 e. The third-order valence-electron chi connectivity index (χ3n) is 3.32. The number of aliphatic hydroxyl groups is 1. The summed E-state index contributed by atoms with van der Waals surface area (Å²) in [6, 6.07) is 6.62. The van der Waals surface area contributed by atoms with Crippen LogP contribution < -0.4 is 5.73 Å². The van der Waals surface area contributed by atoms with Crippen molar-refractivity contribution < 1.29 is 19.4 Å². The van der Waals surface area contributed by atoms with E-state index in [-0.39, 0.29) is 12.5 Å². The van der Waals surface area contributed by atoms with Crippen LogP contribution >= 0.6 is 0 Å². The van der Waals surface area contributed by atoms with Crippen LogP contribution in [0.2, 0.25) is 0 Å². The van der Waals surface area contributed by atoms with E-state index in [0.29, 0.717) is 5.56 Å². The van der Waals surface area contributed by atoms with Crippen molar-refractivity contribution in [2.45, 2.75) is 18.1 Å². The molecule has 1 saturated heterocycles. The number of carbonyl (C=O) groups is 2. The molecule has 3 atom stereocenters. The van der Waals surface area contributed by atoms with Gasteiger partial charge in [-0.1, -0.05) is 30.3 Å². The smallest absolute Gasteiger partial charge is 0.333 e. The molecule has 0 spiro atoms. The molecular weight excluding hydrogens is 248 g/mol. The van der Waals surface area contributed by atoms with E-state index in [1.807, 2.05) is 6.07 Å². The zero-order valence-corrected chi connectivity index (χ0v) is 10.5. The number of benzene rings is 1. The highest BCUT2D eigenvalue weighted by Crippen LogP contribution is 2.31. The zero-order valence-electron chi connectivity index (χ0n) is 10.5. The molecule has 1 aromatic carbocycles. The van der Waals surface area contributed by atoms with Crippen LogP contribution in [0.1, 0.15) is 11.6 Å². The Kier molecular flexibility index (Phi) is 3.82. The maximum absolute atomic E-state index is 11.9. The predicted molar refractivity (Wildman–Crippen MR) is 66.9 cm³/mol. The second kappa shape index (κ2) is 5.38. The Morgan fingerprint density at radius 1 is 1.47 bits per heavy atom. The molecule has 19 heavy (non-hydrogen) atoms. The summed E-state index contributed by atoms with van der Waals surface area (Å²) in [7, 11) is 1.26. The number of β-lactam (4-membered cyclic amide) rings is 1. The second-order valence-electron chi connectivity index (χ2n) is 4.36. The zero-order chi connectivity index (χ0) is 14.0. The summed E-state index contributed by atoms with van der Waals surface area (Å²) < 4.78 is 4.74. The van der Waals surface area contributed by atoms with Gasteiger partial charge in [0, 0.05) is 0 Å². The number of hydrogen-bond donors (Lipinski definition) is 2. The van der Waals surface area contributed by atoms with E-state index >= 15 is 0 Å². The average molecular weight is 264 g/mol. The fourth-order valence-electron chi connectivity index (χ4n) is 2.27. The van der Waals surface area contributed by atoms with Gasteiger partial charge in [0.15, 0.2) is 6.04 Å². The quantitative estimate of drug-likeness (QED) is 0.561. The highest BCUT2D eigenvalue weighted by atomic mass is 16.5. The van der Waals surface area contributed by atoms with Crippen LogP contribution in [-0.2, 0) is 14.3 Å². The van der Waals surface area contributed by atoms with Crippen molar-refractivity contribution in [1.82, 2.24) is 4.90 Å². The predicted octanol–water partition coefficient (Wildman–Crippen LogP) is -0.569. The molecule has 1 heterocycles. The maximum atomic E-state index is 11.9. The minimum absolute atomic E-state index is 0.284. The molecule has 6 heteroatoms. The number of aliphatic hydroxyl groups excluding tert-OH is 1. The van der Waals surface area contributed by atoms with Crippen LogP contribution in [0.15, 0.2) is 30.3 Å². The van der Waals surface area contributed by atoms with Crippen LogP contribution in [0, 0.1) is 0 Å². The monoisotopic (exact) mass is 264 g/mol. The third-order valence-corrected chi connectivity index (χ3v) is 3.32. The number of nitrogens with two attached hydrogens (primary N) is 1. The van der Waals surface area contributed by atoms with Crippen molar-refractivity contribution in [2.24, 2.45) is 5.73 Å². The van der Waals surface area contributed by atoms with E-state index < -0.39 is 24.1 Å². The lowest BCUT2D eigenvalue weighted by molar-refractivity contribution is -0.168. The first-order valence-corrected chi connectivity index (χ1v) is 5.93. The summed E-state index contributed by atoms with van der Waals surface area (Å²) >= 11 is 0. The Morgan fingerprint density at radius 3 is 2.63 bits per heavy atom. The van der Waals surface area contributed by atoms with Crippen LogP contribution in [0.25, 0.3) is 0 Å². The van der Waals surface area contributed by atoms with Crippen molar-refractivity contribution in [3.05, 3.63) is 35.9 Å². The molecule has 0 radical (unpaired) electrons. The Labute approximate surface area is 110 Å². The Morgan fingerprint density at radius 2 is 2.11 bits per heavy atom. The molecule has 1 aromatic rings. The summed E-state index contributed by atoms with van der Waals surface area (Å²) in [6.07, 6.45) is 0. The number of hydrogen-bond acceptors (Lipinski definition) is 5. The van der Waals surface area contributed by atoms with Gasteiger partial charge >= 0.3 is 5.97 Å². The van der Waals surface area contributed by atoms with Crippen LogP contribution in [0.5, 0.6) is 0 Å². The second-order valence-corrected chi connectivity index (χ2v) is 4.36. The van der Waals surface area contributed by atoms with E-state index in [9.17, 15) is 14.7 Å². The highest BCUT2D eigenvalue weighted by Gasteiger charge is 2.50. The van der Waals surface area contributed by atoms with E-state index in [1.54, 1.807) is 24.3 Å². The maximum Gasteiger partial charge on any atom is 0.333 e. The molecule has 1 fully saturated rings. The molecule has 2 rings (SSSR count). The molecule has 1 aliphatic heterocycles. The van der Waals surface area contributed by atoms with Gasteiger partial charge in [-0.3, -0.25) is 4.79 Å². The van der Waals surface area contributed by atoms with Gasteiger partial charge in [-0.2, -0.15) is 0 Å². The third kappa shape index (κ3) is 2.20. The Hall–Kier alpha value is -1.92. The molecule has 0 aromatic heterocycles. The molecule has 102 valence electrons. The fraction of sp³-hybridized carbons (Fsp3) is 0.385. The first kappa shape index (κ1) is 13.5. The van der Waals surface area contributed by atoms with Gasteiger partial charge in [-0.25, -0.2) is 4.79 Å². The number of methoxy groups -OCH3 is 1. The number of ether oxygens (including phenoxy) is 1. The fourth-order valence-corrected chi connectivity index (χ4v) is 2.27. The summed E-state index contributed by atoms with van der Waals surface area (Å²) in [5.74, 6) is -0.914. The molecular formula is C13H16N2O4. The molecule has 6 nitrogen and oxygen atoms in total. The van der Waals surface area contributed by atoms with Gasteiger partial charge in [-0.05, 0) is 5.56 Å². The number of carbonyl (C=O) groups excluding carboxylic acids is 2. The SMILES string of the molecule is COC(=O)C(c1ccccc1)N1C(=O)C(N)C1CO. The van der Waals surface area contributed by atoms with Crippen molar-refractivity contribution >= 4 is 11.9 Å². The standard InChI is InChI=1S/C13H16N2O4/c1-19-13(18)11(8-5-3-2-4-6-8)15-9(7-16)10(14)12(15)17/h2-6,9-11,16H,7,14H2,1H3. The Bertz CT molecular complexity index is 477. The van der Waals surface area contributed by atoms with Gasteiger partial charge in [0.1, 0.15) is 6.04 Å². The van der Waals surface area contributed by atoms with Crippen molar-refractivity contribution in [3.63, 3.8) is 0 Å². The summed E-state index contributed by atoms with van der Waals surface area (Å²) in [5.41, 5.74) is 6.25. The van der Waals surface area contributed by atoms with E-state index in [4.69, 9.17) is 10.5 Å². The lowest BCUT2D eigenvalue weighted by Gasteiger charge is -2.47.